The van der Waals surface area contributed by atoms with Crippen molar-refractivity contribution in [2.45, 2.75) is 58.0 Å². The largest absolute Gasteiger partial charge is 0.351 e. The van der Waals surface area contributed by atoms with Crippen LogP contribution in [0.1, 0.15) is 53.7 Å². The van der Waals surface area contributed by atoms with E-state index in [0.717, 1.165) is 36.5 Å². The van der Waals surface area contributed by atoms with Gasteiger partial charge in [0.05, 0.1) is 0 Å². The van der Waals surface area contributed by atoms with Crippen LogP contribution in [0.3, 0.4) is 0 Å². The summed E-state index contributed by atoms with van der Waals surface area (Å²) in [5.74, 6) is 0.0292. The lowest BCUT2D eigenvalue weighted by Crippen LogP contribution is -2.39. The van der Waals surface area contributed by atoms with E-state index in [1.54, 1.807) is 0 Å². The molecule has 2 fully saturated rings. The molecule has 0 radical (unpaired) electrons. The number of rotatable bonds is 3. The number of carbonyl (C=O) groups excluding carboxylic acids is 1. The lowest BCUT2D eigenvalue weighted by molar-refractivity contribution is 0.0932. The maximum absolute atomic E-state index is 12.6. The molecule has 1 atom stereocenters. The van der Waals surface area contributed by atoms with Crippen LogP contribution in [0.2, 0.25) is 0 Å². The van der Waals surface area contributed by atoms with E-state index in [-0.39, 0.29) is 11.9 Å². The van der Waals surface area contributed by atoms with Gasteiger partial charge in [-0.15, -0.1) is 0 Å². The number of aryl methyl sites for hydroxylation is 2. The average molecular weight is 325 g/mol. The Kier molecular flexibility index (Phi) is 4.09. The van der Waals surface area contributed by atoms with Crippen molar-refractivity contribution >= 4 is 16.8 Å². The molecule has 4 heteroatoms. The van der Waals surface area contributed by atoms with Gasteiger partial charge in [0.2, 0.25) is 0 Å². The summed E-state index contributed by atoms with van der Waals surface area (Å²) in [7, 11) is 0. The molecule has 2 heterocycles. The van der Waals surface area contributed by atoms with Gasteiger partial charge in [0, 0.05) is 36.1 Å². The van der Waals surface area contributed by atoms with E-state index in [9.17, 15) is 4.79 Å². The van der Waals surface area contributed by atoms with Crippen LogP contribution in [0.5, 0.6) is 0 Å². The van der Waals surface area contributed by atoms with Crippen LogP contribution in [0.25, 0.3) is 10.9 Å². The summed E-state index contributed by atoms with van der Waals surface area (Å²) in [5.41, 5.74) is 4.23. The molecule has 128 valence electrons. The zero-order valence-electron chi connectivity index (χ0n) is 14.7. The number of likely N-dealkylation sites (tertiary alicyclic amines) is 1. The summed E-state index contributed by atoms with van der Waals surface area (Å²) in [6.45, 7) is 6.36. The molecule has 2 aliphatic rings. The van der Waals surface area contributed by atoms with Gasteiger partial charge in [0.1, 0.15) is 5.69 Å². The minimum Gasteiger partial charge on any atom is -0.351 e. The maximum atomic E-state index is 12.6. The topological polar surface area (TPSA) is 48.1 Å². The van der Waals surface area contributed by atoms with Crippen molar-refractivity contribution in [3.63, 3.8) is 0 Å². The minimum absolute atomic E-state index is 0.0292. The molecular weight excluding hydrogens is 298 g/mol. The summed E-state index contributed by atoms with van der Waals surface area (Å²) < 4.78 is 0. The number of hydrogen-bond donors (Lipinski definition) is 2. The molecule has 1 aromatic carbocycles. The van der Waals surface area contributed by atoms with Crippen LogP contribution in [0, 0.1) is 13.8 Å². The zero-order chi connectivity index (χ0) is 16.7. The van der Waals surface area contributed by atoms with Crippen molar-refractivity contribution in [1.29, 1.82) is 0 Å². The zero-order valence-corrected chi connectivity index (χ0v) is 14.7. The highest BCUT2D eigenvalue weighted by Crippen LogP contribution is 2.27. The summed E-state index contributed by atoms with van der Waals surface area (Å²) in [5, 5.41) is 4.38. The van der Waals surface area contributed by atoms with Gasteiger partial charge in [-0.05, 0) is 56.4 Å². The predicted molar refractivity (Wildman–Crippen MR) is 97.5 cm³/mol. The van der Waals surface area contributed by atoms with Crippen LogP contribution in [-0.2, 0) is 0 Å². The molecule has 2 N–H and O–H groups in total. The number of fused-ring (bicyclic) bond motifs is 1. The third-order valence-electron chi connectivity index (χ3n) is 5.98. The molecule has 24 heavy (non-hydrogen) atoms. The van der Waals surface area contributed by atoms with Crippen molar-refractivity contribution in [2.75, 3.05) is 13.1 Å². The van der Waals surface area contributed by atoms with Gasteiger partial charge in [0.25, 0.3) is 5.91 Å². The van der Waals surface area contributed by atoms with Crippen LogP contribution >= 0.6 is 0 Å². The summed E-state index contributed by atoms with van der Waals surface area (Å²) in [6.07, 6.45) is 6.47. The van der Waals surface area contributed by atoms with Gasteiger partial charge in [0.15, 0.2) is 0 Å². The van der Waals surface area contributed by atoms with E-state index in [1.807, 2.05) is 6.07 Å². The van der Waals surface area contributed by atoms with E-state index in [0.29, 0.717) is 5.69 Å². The van der Waals surface area contributed by atoms with E-state index in [2.05, 4.69) is 41.2 Å². The minimum atomic E-state index is 0.0292. The molecule has 2 aromatic rings. The number of H-pyrrole nitrogens is 1. The molecule has 4 nitrogen and oxygen atoms in total. The van der Waals surface area contributed by atoms with Crippen LogP contribution < -0.4 is 5.32 Å². The number of hydrogen-bond acceptors (Lipinski definition) is 2. The number of benzene rings is 1. The first-order valence-corrected chi connectivity index (χ1v) is 9.25. The van der Waals surface area contributed by atoms with Gasteiger partial charge in [-0.1, -0.05) is 18.9 Å². The first kappa shape index (κ1) is 15.7. The Morgan fingerprint density at radius 2 is 2.00 bits per heavy atom. The molecule has 1 aliphatic heterocycles. The number of aromatic nitrogens is 1. The quantitative estimate of drug-likeness (QED) is 0.907. The van der Waals surface area contributed by atoms with Gasteiger partial charge in [-0.2, -0.15) is 0 Å². The van der Waals surface area contributed by atoms with Crippen molar-refractivity contribution in [3.05, 3.63) is 35.0 Å². The second kappa shape index (κ2) is 6.25. The Labute approximate surface area is 143 Å². The highest BCUT2D eigenvalue weighted by atomic mass is 16.2. The van der Waals surface area contributed by atoms with E-state index < -0.39 is 0 Å². The Balaban J connectivity index is 1.44. The van der Waals surface area contributed by atoms with Crippen molar-refractivity contribution in [1.82, 2.24) is 15.2 Å². The molecule has 1 aromatic heterocycles. The van der Waals surface area contributed by atoms with Crippen LogP contribution in [0.15, 0.2) is 18.2 Å². The van der Waals surface area contributed by atoms with Gasteiger partial charge in [-0.3, -0.25) is 9.69 Å². The Hall–Kier alpha value is -1.81. The summed E-state index contributed by atoms with van der Waals surface area (Å²) >= 11 is 0. The summed E-state index contributed by atoms with van der Waals surface area (Å²) in [6, 6.07) is 7.20. The third kappa shape index (κ3) is 2.84. The van der Waals surface area contributed by atoms with E-state index >= 15 is 0 Å². The van der Waals surface area contributed by atoms with E-state index in [1.165, 1.54) is 36.8 Å². The van der Waals surface area contributed by atoms with Gasteiger partial charge in [-0.25, -0.2) is 0 Å². The lowest BCUT2D eigenvalue weighted by atomic mass is 10.1. The first-order chi connectivity index (χ1) is 11.6. The van der Waals surface area contributed by atoms with Gasteiger partial charge < -0.3 is 10.3 Å². The predicted octanol–water partition coefficient (Wildman–Crippen LogP) is 3.53. The maximum Gasteiger partial charge on any atom is 0.267 e. The second-order valence-electron chi connectivity index (χ2n) is 7.54. The Morgan fingerprint density at radius 1 is 1.21 bits per heavy atom. The fourth-order valence-electron chi connectivity index (χ4n) is 4.35. The normalized spacial score (nSPS) is 22.5. The molecule has 1 unspecified atom stereocenters. The standard InChI is InChI=1S/C20H27N3O/c1-13-7-8-18-17(14(13)2)11-19(22-18)20(24)21-15-9-10-23(12-15)16-5-3-4-6-16/h7-8,11,15-16,22H,3-6,9-10,12H2,1-2H3,(H,21,24). The summed E-state index contributed by atoms with van der Waals surface area (Å²) in [4.78, 5) is 18.5. The van der Waals surface area contributed by atoms with E-state index in [4.69, 9.17) is 0 Å². The molecule has 1 saturated heterocycles. The monoisotopic (exact) mass is 325 g/mol. The van der Waals surface area contributed by atoms with Crippen LogP contribution in [0.4, 0.5) is 0 Å². The second-order valence-corrected chi connectivity index (χ2v) is 7.54. The number of amides is 1. The molecule has 0 spiro atoms. The Bertz CT molecular complexity index is 758. The lowest BCUT2D eigenvalue weighted by Gasteiger charge is -2.23. The molecule has 4 rings (SSSR count). The number of nitrogens with one attached hydrogen (secondary N) is 2. The Morgan fingerprint density at radius 3 is 2.79 bits per heavy atom. The number of carbonyl (C=O) groups is 1. The fraction of sp³-hybridized carbons (Fsp3) is 0.550. The molecule has 1 aliphatic carbocycles. The number of aromatic amines is 1. The fourth-order valence-corrected chi connectivity index (χ4v) is 4.35. The molecular formula is C20H27N3O. The smallest absolute Gasteiger partial charge is 0.267 e. The highest BCUT2D eigenvalue weighted by molar-refractivity contribution is 5.99. The highest BCUT2D eigenvalue weighted by Gasteiger charge is 2.30. The van der Waals surface area contributed by atoms with Crippen molar-refractivity contribution in [2.24, 2.45) is 0 Å². The average Bonchev–Trinajstić information content (AvgIpc) is 3.29. The van der Waals surface area contributed by atoms with Crippen molar-refractivity contribution in [3.8, 4) is 0 Å². The third-order valence-corrected chi connectivity index (χ3v) is 5.98. The van der Waals surface area contributed by atoms with Gasteiger partial charge >= 0.3 is 0 Å². The van der Waals surface area contributed by atoms with Crippen molar-refractivity contribution < 1.29 is 4.79 Å². The SMILES string of the molecule is Cc1ccc2[nH]c(C(=O)NC3CCN(C4CCCC4)C3)cc2c1C. The molecule has 1 amide bonds. The van der Waals surface area contributed by atoms with Crippen LogP contribution in [-0.4, -0.2) is 41.0 Å². The molecule has 0 bridgehead atoms. The number of nitrogens with zero attached hydrogens (tertiary/aromatic N) is 1. The first-order valence-electron chi connectivity index (χ1n) is 9.25. The molecule has 1 saturated carbocycles.